The zero-order valence-electron chi connectivity index (χ0n) is 13.3. The molecule has 1 aromatic carbocycles. The number of benzene rings is 1. The quantitative estimate of drug-likeness (QED) is 0.602. The Morgan fingerprint density at radius 3 is 2.54 bits per heavy atom. The Morgan fingerprint density at radius 1 is 1.38 bits per heavy atom. The molecule has 7 nitrogen and oxygen atoms in total. The lowest BCUT2D eigenvalue weighted by atomic mass is 9.95. The summed E-state index contributed by atoms with van der Waals surface area (Å²) in [5.41, 5.74) is -0.982. The molecule has 1 aliphatic rings. The summed E-state index contributed by atoms with van der Waals surface area (Å²) in [4.78, 5) is 9.46. The van der Waals surface area contributed by atoms with Crippen molar-refractivity contribution >= 4 is 28.1 Å². The van der Waals surface area contributed by atoms with Gasteiger partial charge >= 0.3 is 5.69 Å². The highest BCUT2D eigenvalue weighted by Crippen LogP contribution is 2.31. The van der Waals surface area contributed by atoms with E-state index >= 15 is 0 Å². The number of hydrogen-bond donors (Lipinski definition) is 1. The van der Waals surface area contributed by atoms with Crippen LogP contribution in [0.25, 0.3) is 0 Å². The Hall–Kier alpha value is -1.29. The van der Waals surface area contributed by atoms with Crippen LogP contribution < -0.4 is 5.32 Å². The smallest absolute Gasteiger partial charge is 0.320 e. The van der Waals surface area contributed by atoms with E-state index in [2.05, 4.69) is 5.32 Å². The van der Waals surface area contributed by atoms with Gasteiger partial charge in [-0.3, -0.25) is 10.1 Å². The maximum Gasteiger partial charge on any atom is 0.324 e. The first-order valence-electron chi connectivity index (χ1n) is 7.45. The van der Waals surface area contributed by atoms with Gasteiger partial charge in [-0.1, -0.05) is 6.07 Å². The monoisotopic (exact) mass is 381 g/mol. The Labute approximate surface area is 146 Å². The largest absolute Gasteiger partial charge is 0.324 e. The van der Waals surface area contributed by atoms with E-state index in [4.69, 9.17) is 0 Å². The molecule has 0 aliphatic carbocycles. The van der Waals surface area contributed by atoms with Gasteiger partial charge < -0.3 is 5.32 Å². The molecule has 0 spiro atoms. The van der Waals surface area contributed by atoms with Crippen LogP contribution in [0.5, 0.6) is 0 Å². The lowest BCUT2D eigenvalue weighted by Gasteiger charge is -2.31. The second kappa shape index (κ2) is 8.70. The highest BCUT2D eigenvalue weighted by Gasteiger charge is 2.35. The first-order chi connectivity index (χ1) is 10.9. The van der Waals surface area contributed by atoms with E-state index in [9.17, 15) is 22.9 Å². The Kier molecular flexibility index (Phi) is 7.53. The molecule has 0 atom stereocenters. The second-order valence-corrected chi connectivity index (χ2v) is 7.49. The third-order valence-electron chi connectivity index (χ3n) is 4.13. The lowest BCUT2D eigenvalue weighted by Crippen LogP contribution is -2.39. The van der Waals surface area contributed by atoms with E-state index in [1.54, 1.807) is 0 Å². The molecule has 0 saturated carbocycles. The minimum Gasteiger partial charge on any atom is -0.320 e. The third-order valence-corrected chi connectivity index (χ3v) is 6.06. The van der Waals surface area contributed by atoms with Crippen LogP contribution in [-0.4, -0.2) is 44.3 Å². The van der Waals surface area contributed by atoms with Crippen molar-refractivity contribution in [3.8, 4) is 0 Å². The molecule has 0 unspecified atom stereocenters. The Morgan fingerprint density at radius 2 is 2.00 bits per heavy atom. The summed E-state index contributed by atoms with van der Waals surface area (Å²) in [6.45, 7) is 1.46. The van der Waals surface area contributed by atoms with Crippen LogP contribution in [0, 0.1) is 21.8 Å². The average molecular weight is 382 g/mol. The summed E-state index contributed by atoms with van der Waals surface area (Å²) >= 11 is 0. The van der Waals surface area contributed by atoms with Crippen molar-refractivity contribution in [1.82, 2.24) is 9.62 Å². The van der Waals surface area contributed by atoms with E-state index in [1.165, 1.54) is 10.4 Å². The average Bonchev–Trinajstić information content (AvgIpc) is 2.52. The molecule has 10 heteroatoms. The number of para-hydroxylation sites is 1. The van der Waals surface area contributed by atoms with Crippen molar-refractivity contribution in [1.29, 1.82) is 0 Å². The van der Waals surface area contributed by atoms with Crippen LogP contribution in [0.15, 0.2) is 23.1 Å². The fraction of sp³-hybridized carbons (Fsp3) is 0.571. The van der Waals surface area contributed by atoms with E-state index in [-0.39, 0.29) is 12.4 Å². The zero-order chi connectivity index (χ0) is 17.0. The summed E-state index contributed by atoms with van der Waals surface area (Å²) in [6, 6.07) is 3.15. The van der Waals surface area contributed by atoms with Crippen LogP contribution in [0.4, 0.5) is 10.1 Å². The van der Waals surface area contributed by atoms with Gasteiger partial charge in [0.2, 0.25) is 15.8 Å². The molecule has 1 heterocycles. The standard InChI is InChI=1S/C14H20FN3O4S.ClH/c1-16-8-5-11-6-9-17(10-7-11)23(21,22)13-4-2-3-12(15)14(13)18(19)20;/h2-4,11,16H,5-10H2,1H3;1H. The number of nitrogens with one attached hydrogen (secondary N) is 1. The first-order valence-corrected chi connectivity index (χ1v) is 8.89. The molecule has 2 rings (SSSR count). The molecule has 1 fully saturated rings. The number of sulfonamides is 1. The molecule has 1 N–H and O–H groups in total. The summed E-state index contributed by atoms with van der Waals surface area (Å²) in [6.07, 6.45) is 2.36. The number of nitro groups is 1. The minimum atomic E-state index is -4.07. The summed E-state index contributed by atoms with van der Waals surface area (Å²) in [5, 5.41) is 14.1. The van der Waals surface area contributed by atoms with E-state index in [0.717, 1.165) is 25.1 Å². The maximum atomic E-state index is 13.7. The number of halogens is 2. The lowest BCUT2D eigenvalue weighted by molar-refractivity contribution is -0.390. The molecule has 136 valence electrons. The van der Waals surface area contributed by atoms with Gasteiger partial charge in [-0.25, -0.2) is 8.42 Å². The van der Waals surface area contributed by atoms with E-state index in [1.807, 2.05) is 7.05 Å². The summed E-state index contributed by atoms with van der Waals surface area (Å²) in [5.74, 6) is -0.712. The zero-order valence-corrected chi connectivity index (χ0v) is 14.9. The number of nitrogens with zero attached hydrogens (tertiary/aromatic N) is 2. The predicted molar refractivity (Wildman–Crippen MR) is 90.3 cm³/mol. The fourth-order valence-electron chi connectivity index (χ4n) is 2.81. The van der Waals surface area contributed by atoms with Gasteiger partial charge in [0.05, 0.1) is 4.92 Å². The van der Waals surface area contributed by atoms with E-state index < -0.39 is 31.3 Å². The topological polar surface area (TPSA) is 92.6 Å². The number of nitro benzene ring substituents is 1. The highest BCUT2D eigenvalue weighted by atomic mass is 35.5. The van der Waals surface area contributed by atoms with Crippen molar-refractivity contribution in [2.45, 2.75) is 24.2 Å². The summed E-state index contributed by atoms with van der Waals surface area (Å²) in [7, 11) is -2.20. The van der Waals surface area contributed by atoms with Gasteiger partial charge in [-0.05, 0) is 50.9 Å². The molecule has 1 saturated heterocycles. The first kappa shape index (κ1) is 20.8. The Bertz CT molecular complexity index is 679. The molecule has 0 amide bonds. The van der Waals surface area contributed by atoms with Gasteiger partial charge in [-0.2, -0.15) is 8.70 Å². The minimum absolute atomic E-state index is 0. The summed E-state index contributed by atoms with van der Waals surface area (Å²) < 4.78 is 40.1. The normalized spacial score (nSPS) is 16.6. The van der Waals surface area contributed by atoms with Gasteiger partial charge in [0.25, 0.3) is 0 Å². The third kappa shape index (κ3) is 4.41. The number of piperidine rings is 1. The van der Waals surface area contributed by atoms with E-state index in [0.29, 0.717) is 31.8 Å². The highest BCUT2D eigenvalue weighted by molar-refractivity contribution is 7.89. The SMILES string of the molecule is CNCCC1CCN(S(=O)(=O)c2cccc(F)c2[N+](=O)[O-])CC1.Cl. The van der Waals surface area contributed by atoms with Gasteiger partial charge in [0, 0.05) is 13.1 Å². The van der Waals surface area contributed by atoms with Crippen LogP contribution in [0.3, 0.4) is 0 Å². The van der Waals surface area contributed by atoms with Gasteiger partial charge in [0.1, 0.15) is 0 Å². The van der Waals surface area contributed by atoms with Crippen molar-refractivity contribution in [2.24, 2.45) is 5.92 Å². The van der Waals surface area contributed by atoms with Crippen molar-refractivity contribution in [3.05, 3.63) is 34.1 Å². The molecule has 1 aliphatic heterocycles. The fourth-order valence-corrected chi connectivity index (χ4v) is 4.44. The maximum absolute atomic E-state index is 13.7. The van der Waals surface area contributed by atoms with Crippen molar-refractivity contribution in [3.63, 3.8) is 0 Å². The van der Waals surface area contributed by atoms with Crippen LogP contribution in [0.2, 0.25) is 0 Å². The molecular weight excluding hydrogens is 361 g/mol. The molecule has 1 aromatic rings. The van der Waals surface area contributed by atoms with Gasteiger partial charge in [-0.15, -0.1) is 12.4 Å². The van der Waals surface area contributed by atoms with Gasteiger partial charge in [0.15, 0.2) is 4.90 Å². The van der Waals surface area contributed by atoms with Crippen molar-refractivity contribution in [2.75, 3.05) is 26.7 Å². The molecule has 0 aromatic heterocycles. The molecular formula is C14H21ClFN3O4S. The molecule has 0 radical (unpaired) electrons. The number of hydrogen-bond acceptors (Lipinski definition) is 5. The molecule has 24 heavy (non-hydrogen) atoms. The van der Waals surface area contributed by atoms with Crippen LogP contribution >= 0.6 is 12.4 Å². The molecule has 0 bridgehead atoms. The Balaban J connectivity index is 0.00000288. The van der Waals surface area contributed by atoms with Crippen LogP contribution in [-0.2, 0) is 10.0 Å². The predicted octanol–water partition coefficient (Wildman–Crippen LogP) is 2.17. The second-order valence-electron chi connectivity index (χ2n) is 5.58. The number of rotatable bonds is 6. The van der Waals surface area contributed by atoms with Crippen LogP contribution in [0.1, 0.15) is 19.3 Å². The van der Waals surface area contributed by atoms with Crippen molar-refractivity contribution < 1.29 is 17.7 Å².